The third-order valence-corrected chi connectivity index (χ3v) is 3.32. The minimum Gasteiger partial charge on any atom is -0.393 e. The van der Waals surface area contributed by atoms with Crippen molar-refractivity contribution in [2.75, 3.05) is 12.0 Å². The SMILES string of the molecule is CSCCC(O)Cc1ccc(C)cc1Cl. The largest absolute Gasteiger partial charge is 0.393 e. The molecule has 0 aliphatic carbocycles. The lowest BCUT2D eigenvalue weighted by molar-refractivity contribution is 0.172. The van der Waals surface area contributed by atoms with Crippen LogP contribution >= 0.6 is 23.4 Å². The first-order valence-electron chi connectivity index (χ1n) is 5.05. The number of benzene rings is 1. The first-order valence-corrected chi connectivity index (χ1v) is 6.82. The molecule has 1 rings (SSSR count). The molecule has 0 radical (unpaired) electrons. The van der Waals surface area contributed by atoms with Crippen LogP contribution in [0.1, 0.15) is 17.5 Å². The molecule has 0 bridgehead atoms. The molecule has 84 valence electrons. The molecule has 0 aliphatic heterocycles. The summed E-state index contributed by atoms with van der Waals surface area (Å²) in [5.41, 5.74) is 2.19. The highest BCUT2D eigenvalue weighted by molar-refractivity contribution is 7.98. The highest BCUT2D eigenvalue weighted by Crippen LogP contribution is 2.20. The predicted molar refractivity (Wildman–Crippen MR) is 68.9 cm³/mol. The van der Waals surface area contributed by atoms with Crippen LogP contribution in [0.5, 0.6) is 0 Å². The summed E-state index contributed by atoms with van der Waals surface area (Å²) in [5.74, 6) is 0.991. The number of thioether (sulfide) groups is 1. The molecular formula is C12H17ClOS. The van der Waals surface area contributed by atoms with E-state index in [0.29, 0.717) is 6.42 Å². The van der Waals surface area contributed by atoms with Gasteiger partial charge in [0.25, 0.3) is 0 Å². The number of aryl methyl sites for hydroxylation is 1. The quantitative estimate of drug-likeness (QED) is 0.858. The molecule has 0 spiro atoms. The van der Waals surface area contributed by atoms with E-state index in [1.807, 2.05) is 31.4 Å². The van der Waals surface area contributed by atoms with Gasteiger partial charge in [-0.05, 0) is 49.0 Å². The van der Waals surface area contributed by atoms with Gasteiger partial charge in [0.05, 0.1) is 6.10 Å². The number of hydrogen-bond donors (Lipinski definition) is 1. The second-order valence-electron chi connectivity index (χ2n) is 3.73. The van der Waals surface area contributed by atoms with Crippen molar-refractivity contribution in [3.05, 3.63) is 34.3 Å². The van der Waals surface area contributed by atoms with Gasteiger partial charge in [-0.2, -0.15) is 11.8 Å². The normalized spacial score (nSPS) is 12.8. The molecule has 0 saturated carbocycles. The average Bonchev–Trinajstić information content (AvgIpc) is 2.19. The van der Waals surface area contributed by atoms with Gasteiger partial charge in [0, 0.05) is 5.02 Å². The van der Waals surface area contributed by atoms with Crippen LogP contribution < -0.4 is 0 Å². The Hall–Kier alpha value is -0.180. The van der Waals surface area contributed by atoms with Gasteiger partial charge < -0.3 is 5.11 Å². The molecular weight excluding hydrogens is 228 g/mol. The number of halogens is 1. The van der Waals surface area contributed by atoms with Crippen LogP contribution in [0.4, 0.5) is 0 Å². The fourth-order valence-electron chi connectivity index (χ4n) is 1.43. The molecule has 0 saturated heterocycles. The maximum Gasteiger partial charge on any atom is 0.0589 e. The first-order chi connectivity index (χ1) is 7.13. The van der Waals surface area contributed by atoms with Crippen LogP contribution in [-0.4, -0.2) is 23.2 Å². The molecule has 1 atom stereocenters. The predicted octanol–water partition coefficient (Wildman–Crippen LogP) is 3.30. The Morgan fingerprint density at radius 3 is 2.80 bits per heavy atom. The maximum atomic E-state index is 9.76. The Balaban J connectivity index is 2.56. The van der Waals surface area contributed by atoms with Crippen molar-refractivity contribution in [1.82, 2.24) is 0 Å². The van der Waals surface area contributed by atoms with E-state index >= 15 is 0 Å². The zero-order valence-electron chi connectivity index (χ0n) is 9.16. The van der Waals surface area contributed by atoms with E-state index < -0.39 is 0 Å². The molecule has 1 N–H and O–H groups in total. The fourth-order valence-corrected chi connectivity index (χ4v) is 2.25. The minimum atomic E-state index is -0.280. The van der Waals surface area contributed by atoms with Crippen LogP contribution in [0.2, 0.25) is 5.02 Å². The molecule has 15 heavy (non-hydrogen) atoms. The van der Waals surface area contributed by atoms with Crippen LogP contribution in [0, 0.1) is 6.92 Å². The van der Waals surface area contributed by atoms with Gasteiger partial charge in [-0.1, -0.05) is 23.7 Å². The smallest absolute Gasteiger partial charge is 0.0589 e. The Labute approximate surface area is 101 Å². The molecule has 0 aliphatic rings. The van der Waals surface area contributed by atoms with E-state index in [-0.39, 0.29) is 6.10 Å². The second kappa shape index (κ2) is 6.41. The van der Waals surface area contributed by atoms with E-state index in [1.165, 1.54) is 0 Å². The third-order valence-electron chi connectivity index (χ3n) is 2.32. The van der Waals surface area contributed by atoms with Gasteiger partial charge in [0.15, 0.2) is 0 Å². The summed E-state index contributed by atoms with van der Waals surface area (Å²) in [7, 11) is 0. The van der Waals surface area contributed by atoms with Crippen LogP contribution in [0.15, 0.2) is 18.2 Å². The monoisotopic (exact) mass is 244 g/mol. The highest BCUT2D eigenvalue weighted by Gasteiger charge is 2.08. The Morgan fingerprint density at radius 2 is 2.20 bits per heavy atom. The third kappa shape index (κ3) is 4.45. The molecule has 0 fully saturated rings. The molecule has 0 aromatic heterocycles. The molecule has 1 nitrogen and oxygen atoms in total. The summed E-state index contributed by atoms with van der Waals surface area (Å²) >= 11 is 7.85. The van der Waals surface area contributed by atoms with Gasteiger partial charge in [-0.15, -0.1) is 0 Å². The Morgan fingerprint density at radius 1 is 1.47 bits per heavy atom. The number of aliphatic hydroxyl groups excluding tert-OH is 1. The average molecular weight is 245 g/mol. The van der Waals surface area contributed by atoms with Crippen molar-refractivity contribution < 1.29 is 5.11 Å². The van der Waals surface area contributed by atoms with Crippen LogP contribution in [0.25, 0.3) is 0 Å². The minimum absolute atomic E-state index is 0.280. The topological polar surface area (TPSA) is 20.2 Å². The van der Waals surface area contributed by atoms with Crippen molar-refractivity contribution in [2.24, 2.45) is 0 Å². The molecule has 1 aromatic rings. The Kier molecular flexibility index (Phi) is 5.51. The van der Waals surface area contributed by atoms with E-state index in [4.69, 9.17) is 11.6 Å². The summed E-state index contributed by atoms with van der Waals surface area (Å²) in [5, 5.41) is 10.5. The van der Waals surface area contributed by atoms with Crippen molar-refractivity contribution >= 4 is 23.4 Å². The van der Waals surface area contributed by atoms with Gasteiger partial charge in [-0.3, -0.25) is 0 Å². The standard InChI is InChI=1S/C12H17ClOS/c1-9-3-4-10(12(13)7-9)8-11(14)5-6-15-2/h3-4,7,11,14H,5-6,8H2,1-2H3. The van der Waals surface area contributed by atoms with Crippen molar-refractivity contribution in [3.8, 4) is 0 Å². The number of hydrogen-bond acceptors (Lipinski definition) is 2. The number of aliphatic hydroxyl groups is 1. The van der Waals surface area contributed by atoms with E-state index in [9.17, 15) is 5.11 Å². The van der Waals surface area contributed by atoms with E-state index in [0.717, 1.165) is 28.3 Å². The summed E-state index contributed by atoms with van der Waals surface area (Å²) in [6.07, 6.45) is 3.24. The molecule has 3 heteroatoms. The molecule has 0 heterocycles. The Bertz CT molecular complexity index is 314. The van der Waals surface area contributed by atoms with Crippen LogP contribution in [0.3, 0.4) is 0 Å². The lowest BCUT2D eigenvalue weighted by atomic mass is 10.0. The molecule has 1 aromatic carbocycles. The van der Waals surface area contributed by atoms with Crippen molar-refractivity contribution in [3.63, 3.8) is 0 Å². The van der Waals surface area contributed by atoms with Gasteiger partial charge in [-0.25, -0.2) is 0 Å². The van der Waals surface area contributed by atoms with Crippen LogP contribution in [-0.2, 0) is 6.42 Å². The van der Waals surface area contributed by atoms with E-state index in [1.54, 1.807) is 11.8 Å². The van der Waals surface area contributed by atoms with Crippen molar-refractivity contribution in [2.45, 2.75) is 25.9 Å². The van der Waals surface area contributed by atoms with E-state index in [2.05, 4.69) is 0 Å². The first kappa shape index (κ1) is 12.9. The summed E-state index contributed by atoms with van der Waals surface area (Å²) in [6, 6.07) is 5.97. The maximum absolute atomic E-state index is 9.76. The lowest BCUT2D eigenvalue weighted by Gasteiger charge is -2.11. The lowest BCUT2D eigenvalue weighted by Crippen LogP contribution is -2.11. The van der Waals surface area contributed by atoms with Crippen molar-refractivity contribution in [1.29, 1.82) is 0 Å². The highest BCUT2D eigenvalue weighted by atomic mass is 35.5. The second-order valence-corrected chi connectivity index (χ2v) is 5.13. The van der Waals surface area contributed by atoms with Gasteiger partial charge in [0.1, 0.15) is 0 Å². The zero-order valence-corrected chi connectivity index (χ0v) is 10.7. The molecule has 0 amide bonds. The van der Waals surface area contributed by atoms with Gasteiger partial charge >= 0.3 is 0 Å². The summed E-state index contributed by atoms with van der Waals surface area (Å²) in [4.78, 5) is 0. The summed E-state index contributed by atoms with van der Waals surface area (Å²) < 4.78 is 0. The summed E-state index contributed by atoms with van der Waals surface area (Å²) in [6.45, 7) is 2.01. The fraction of sp³-hybridized carbons (Fsp3) is 0.500. The molecule has 1 unspecified atom stereocenters. The zero-order chi connectivity index (χ0) is 11.3. The van der Waals surface area contributed by atoms with Gasteiger partial charge in [0.2, 0.25) is 0 Å². The number of rotatable bonds is 5.